The lowest BCUT2D eigenvalue weighted by Gasteiger charge is -2.23. The summed E-state index contributed by atoms with van der Waals surface area (Å²) in [5.41, 5.74) is 7.35. The normalized spacial score (nSPS) is 26.2. The van der Waals surface area contributed by atoms with Crippen molar-refractivity contribution in [2.45, 2.75) is 38.0 Å². The molecule has 128 valence electrons. The van der Waals surface area contributed by atoms with Gasteiger partial charge >= 0.3 is 0 Å². The fourth-order valence-corrected chi connectivity index (χ4v) is 3.26. The van der Waals surface area contributed by atoms with Crippen molar-refractivity contribution in [2.75, 3.05) is 11.9 Å². The highest BCUT2D eigenvalue weighted by Crippen LogP contribution is 2.37. The molecule has 7 heteroatoms. The summed E-state index contributed by atoms with van der Waals surface area (Å²) in [6.07, 6.45) is 1.90. The van der Waals surface area contributed by atoms with Gasteiger partial charge in [-0.25, -0.2) is 0 Å². The number of benzene rings is 1. The number of carbonyl (C=O) groups is 1. The summed E-state index contributed by atoms with van der Waals surface area (Å²) in [7, 11) is 0. The molecule has 0 aromatic heterocycles. The van der Waals surface area contributed by atoms with Gasteiger partial charge in [0.15, 0.2) is 0 Å². The molecule has 3 rings (SSSR count). The molecule has 0 aliphatic carbocycles. The molecule has 2 aliphatic rings. The van der Waals surface area contributed by atoms with E-state index >= 15 is 0 Å². The van der Waals surface area contributed by atoms with Gasteiger partial charge < -0.3 is 21.1 Å². The number of hydrogen-bond donors (Lipinski definition) is 4. The number of morpholine rings is 1. The number of rotatable bonds is 5. The van der Waals surface area contributed by atoms with Crippen LogP contribution in [0, 0.1) is 5.41 Å². The van der Waals surface area contributed by atoms with Gasteiger partial charge in [-0.2, -0.15) is 0 Å². The second kappa shape index (κ2) is 6.93. The highest BCUT2D eigenvalue weighted by molar-refractivity contribution is 6.60. The van der Waals surface area contributed by atoms with E-state index in [4.69, 9.17) is 27.5 Å². The second-order valence-corrected chi connectivity index (χ2v) is 6.45. The van der Waals surface area contributed by atoms with Crippen LogP contribution >= 0.6 is 11.6 Å². The van der Waals surface area contributed by atoms with Crippen molar-refractivity contribution < 1.29 is 9.53 Å². The molecule has 0 saturated carbocycles. The van der Waals surface area contributed by atoms with Gasteiger partial charge in [-0.3, -0.25) is 10.2 Å². The SMILES string of the molecule is CCC(N)=C(Cl)C(=N)C(=O)Nc1ccc([C@@H]2O[C@H]3CN[C@@H]2C3)cc1. The lowest BCUT2D eigenvalue weighted by molar-refractivity contribution is -0.110. The van der Waals surface area contributed by atoms with Gasteiger partial charge in [-0.15, -0.1) is 0 Å². The molecule has 6 nitrogen and oxygen atoms in total. The molecular formula is C17H21ClN4O2. The van der Waals surface area contributed by atoms with Crippen LogP contribution in [-0.2, 0) is 9.53 Å². The number of hydrogen-bond acceptors (Lipinski definition) is 5. The van der Waals surface area contributed by atoms with E-state index in [0.29, 0.717) is 30.0 Å². The van der Waals surface area contributed by atoms with Crippen LogP contribution in [0.2, 0.25) is 0 Å². The van der Waals surface area contributed by atoms with Gasteiger partial charge in [0.1, 0.15) is 5.71 Å². The number of halogens is 1. The van der Waals surface area contributed by atoms with E-state index in [9.17, 15) is 4.79 Å². The van der Waals surface area contributed by atoms with Gasteiger partial charge in [0.25, 0.3) is 5.91 Å². The number of carbonyl (C=O) groups excluding carboxylic acids is 1. The van der Waals surface area contributed by atoms with Crippen molar-refractivity contribution in [3.63, 3.8) is 0 Å². The highest BCUT2D eigenvalue weighted by Gasteiger charge is 2.41. The summed E-state index contributed by atoms with van der Waals surface area (Å²) in [5, 5.41) is 13.9. The van der Waals surface area contributed by atoms with E-state index < -0.39 is 5.91 Å². The zero-order chi connectivity index (χ0) is 17.3. The predicted molar refractivity (Wildman–Crippen MR) is 94.2 cm³/mol. The molecule has 2 bridgehead atoms. The molecule has 1 aromatic rings. The van der Waals surface area contributed by atoms with Crippen LogP contribution in [0.3, 0.4) is 0 Å². The number of ether oxygens (including phenoxy) is 1. The molecule has 3 atom stereocenters. The third-order valence-corrected chi connectivity index (χ3v) is 4.87. The first kappa shape index (κ1) is 17.0. The predicted octanol–water partition coefficient (Wildman–Crippen LogP) is 2.27. The molecule has 1 aromatic carbocycles. The van der Waals surface area contributed by atoms with Crippen LogP contribution in [0.4, 0.5) is 5.69 Å². The average molecular weight is 349 g/mol. The minimum absolute atomic E-state index is 0.00641. The zero-order valence-corrected chi connectivity index (χ0v) is 14.2. The molecule has 2 saturated heterocycles. The van der Waals surface area contributed by atoms with Crippen molar-refractivity contribution in [2.24, 2.45) is 5.73 Å². The summed E-state index contributed by atoms with van der Waals surface area (Å²) >= 11 is 5.94. The second-order valence-electron chi connectivity index (χ2n) is 6.07. The quantitative estimate of drug-likeness (QED) is 0.613. The maximum absolute atomic E-state index is 12.1. The van der Waals surface area contributed by atoms with Crippen molar-refractivity contribution in [3.8, 4) is 0 Å². The number of amides is 1. The van der Waals surface area contributed by atoms with Crippen molar-refractivity contribution >= 4 is 28.9 Å². The number of allylic oxidation sites excluding steroid dienone is 1. The Morgan fingerprint density at radius 3 is 2.71 bits per heavy atom. The van der Waals surface area contributed by atoms with E-state index in [1.54, 1.807) is 12.1 Å². The van der Waals surface area contributed by atoms with Gasteiger partial charge in [0.2, 0.25) is 0 Å². The Morgan fingerprint density at radius 1 is 1.46 bits per heavy atom. The van der Waals surface area contributed by atoms with Crippen LogP contribution in [0.1, 0.15) is 31.4 Å². The summed E-state index contributed by atoms with van der Waals surface area (Å²) < 4.78 is 5.95. The van der Waals surface area contributed by atoms with Crippen molar-refractivity contribution in [3.05, 3.63) is 40.6 Å². The molecule has 24 heavy (non-hydrogen) atoms. The smallest absolute Gasteiger partial charge is 0.275 e. The third kappa shape index (κ3) is 3.31. The fraction of sp³-hybridized carbons (Fsp3) is 0.412. The van der Waals surface area contributed by atoms with Gasteiger partial charge in [0, 0.05) is 24.0 Å². The van der Waals surface area contributed by atoms with Crippen LogP contribution in [0.25, 0.3) is 0 Å². The average Bonchev–Trinajstić information content (AvgIpc) is 3.23. The van der Waals surface area contributed by atoms with Crippen LogP contribution in [-0.4, -0.2) is 30.3 Å². The van der Waals surface area contributed by atoms with E-state index in [2.05, 4.69) is 10.6 Å². The number of fused-ring (bicyclic) bond motifs is 2. The first-order chi connectivity index (χ1) is 11.5. The maximum Gasteiger partial charge on any atom is 0.275 e. The zero-order valence-electron chi connectivity index (χ0n) is 13.4. The van der Waals surface area contributed by atoms with Crippen LogP contribution in [0.5, 0.6) is 0 Å². The highest BCUT2D eigenvalue weighted by atomic mass is 35.5. The standard InChI is InChI=1S/C17H21ClN4O2/c1-2-12(19)14(18)15(20)17(23)22-10-5-3-9(4-6-10)16-13-7-11(24-16)8-21-13/h3-6,11,13,16,20-21H,2,7-8,19H2,1H3,(H,22,23)/t11-,13-,16+/m1/s1. The molecular weight excluding hydrogens is 328 g/mol. The summed E-state index contributed by atoms with van der Waals surface area (Å²) in [6.45, 7) is 2.74. The van der Waals surface area contributed by atoms with E-state index in [0.717, 1.165) is 18.5 Å². The van der Waals surface area contributed by atoms with Crippen molar-refractivity contribution in [1.82, 2.24) is 5.32 Å². The first-order valence-corrected chi connectivity index (χ1v) is 8.40. The Balaban J connectivity index is 1.64. The lowest BCUT2D eigenvalue weighted by Crippen LogP contribution is -2.34. The Hall–Kier alpha value is -1.89. The largest absolute Gasteiger partial charge is 0.401 e. The number of nitrogens with one attached hydrogen (secondary N) is 3. The monoisotopic (exact) mass is 348 g/mol. The molecule has 0 radical (unpaired) electrons. The Kier molecular flexibility index (Phi) is 4.89. The first-order valence-electron chi connectivity index (χ1n) is 8.02. The molecule has 1 amide bonds. The molecule has 2 heterocycles. The third-order valence-electron chi connectivity index (χ3n) is 4.44. The summed E-state index contributed by atoms with van der Waals surface area (Å²) in [5.74, 6) is -0.581. The van der Waals surface area contributed by atoms with E-state index in [-0.39, 0.29) is 16.8 Å². The molecule has 0 spiro atoms. The van der Waals surface area contributed by atoms with Crippen molar-refractivity contribution in [1.29, 1.82) is 5.41 Å². The maximum atomic E-state index is 12.1. The lowest BCUT2D eigenvalue weighted by atomic mass is 10.0. The fourth-order valence-electron chi connectivity index (χ4n) is 3.05. The van der Waals surface area contributed by atoms with E-state index in [1.807, 2.05) is 19.1 Å². The minimum atomic E-state index is -0.581. The molecule has 0 unspecified atom stereocenters. The minimum Gasteiger partial charge on any atom is -0.401 e. The van der Waals surface area contributed by atoms with Gasteiger partial charge in [-0.05, 0) is 30.5 Å². The summed E-state index contributed by atoms with van der Waals surface area (Å²) in [4.78, 5) is 12.1. The van der Waals surface area contributed by atoms with E-state index in [1.165, 1.54) is 0 Å². The Labute approximate surface area is 145 Å². The topological polar surface area (TPSA) is 100 Å². The van der Waals surface area contributed by atoms with Gasteiger partial charge in [0.05, 0.1) is 17.2 Å². The number of anilines is 1. The van der Waals surface area contributed by atoms with Gasteiger partial charge in [-0.1, -0.05) is 30.7 Å². The summed E-state index contributed by atoms with van der Waals surface area (Å²) in [6, 6.07) is 7.84. The Bertz CT molecular complexity index is 686. The van der Waals surface area contributed by atoms with Crippen LogP contribution < -0.4 is 16.4 Å². The molecule has 2 fully saturated rings. The Morgan fingerprint density at radius 2 is 2.17 bits per heavy atom. The van der Waals surface area contributed by atoms with Crippen LogP contribution in [0.15, 0.2) is 35.0 Å². The molecule has 2 aliphatic heterocycles. The molecule has 5 N–H and O–H groups in total. The number of nitrogens with two attached hydrogens (primary N) is 1.